The summed E-state index contributed by atoms with van der Waals surface area (Å²) in [4.78, 5) is 23.7. The Morgan fingerprint density at radius 3 is 2.67 bits per heavy atom. The molecule has 4 N–H and O–H groups in total. The number of benzene rings is 1. The van der Waals surface area contributed by atoms with Crippen molar-refractivity contribution >= 4 is 29.3 Å². The lowest BCUT2D eigenvalue weighted by Gasteiger charge is -2.13. The fourth-order valence-electron chi connectivity index (χ4n) is 2.41. The summed E-state index contributed by atoms with van der Waals surface area (Å²) in [6, 6.07) is 7.89. The number of rotatable bonds is 7. The number of primary amides is 1. The van der Waals surface area contributed by atoms with Gasteiger partial charge in [0.05, 0.1) is 18.0 Å². The molecule has 21 heavy (non-hydrogen) atoms. The predicted octanol–water partition coefficient (Wildman–Crippen LogP) is 1.73. The van der Waals surface area contributed by atoms with E-state index in [1.54, 1.807) is 0 Å². The van der Waals surface area contributed by atoms with Crippen LogP contribution >= 0.6 is 11.8 Å². The molecule has 1 fully saturated rings. The minimum atomic E-state index is -0.371. The smallest absolute Gasteiger partial charge is 0.238 e. The standard InChI is InChI=1S/C15H21N3O2S/c16-14(19)10-21-13-8-4-3-7-12(13)18-15(20)9-17-11-5-1-2-6-11/h3-4,7-8,11,17H,1-2,5-6,9-10H2,(H2,16,19)(H,18,20). The third kappa shape index (κ3) is 5.40. The van der Waals surface area contributed by atoms with Crippen LogP contribution in [0.3, 0.4) is 0 Å². The second kappa shape index (κ2) is 8.05. The van der Waals surface area contributed by atoms with Gasteiger partial charge >= 0.3 is 0 Å². The van der Waals surface area contributed by atoms with Crippen LogP contribution in [0.2, 0.25) is 0 Å². The number of carbonyl (C=O) groups excluding carboxylic acids is 2. The molecule has 0 atom stereocenters. The van der Waals surface area contributed by atoms with Crippen LogP contribution in [-0.2, 0) is 9.59 Å². The van der Waals surface area contributed by atoms with Gasteiger partial charge in [0.25, 0.3) is 0 Å². The molecular formula is C15H21N3O2S. The molecule has 114 valence electrons. The molecule has 0 spiro atoms. The molecule has 0 bridgehead atoms. The fourth-order valence-corrected chi connectivity index (χ4v) is 3.15. The number of thioether (sulfide) groups is 1. The first-order chi connectivity index (χ1) is 10.1. The molecule has 1 aliphatic rings. The number of hydrogen-bond donors (Lipinski definition) is 3. The molecule has 1 saturated carbocycles. The second-order valence-electron chi connectivity index (χ2n) is 5.16. The fraction of sp³-hybridized carbons (Fsp3) is 0.467. The Kier molecular flexibility index (Phi) is 6.07. The van der Waals surface area contributed by atoms with Gasteiger partial charge in [-0.3, -0.25) is 9.59 Å². The molecule has 6 heteroatoms. The molecule has 5 nitrogen and oxygen atoms in total. The summed E-state index contributed by atoms with van der Waals surface area (Å²) in [5, 5.41) is 6.16. The van der Waals surface area contributed by atoms with E-state index in [-0.39, 0.29) is 17.6 Å². The average molecular weight is 307 g/mol. The van der Waals surface area contributed by atoms with E-state index >= 15 is 0 Å². The summed E-state index contributed by atoms with van der Waals surface area (Å²) >= 11 is 1.33. The van der Waals surface area contributed by atoms with Crippen molar-refractivity contribution in [2.75, 3.05) is 17.6 Å². The summed E-state index contributed by atoms with van der Waals surface area (Å²) in [6.07, 6.45) is 4.79. The zero-order valence-corrected chi connectivity index (χ0v) is 12.7. The monoisotopic (exact) mass is 307 g/mol. The number of para-hydroxylation sites is 1. The minimum Gasteiger partial charge on any atom is -0.369 e. The maximum Gasteiger partial charge on any atom is 0.238 e. The summed E-state index contributed by atoms with van der Waals surface area (Å²) < 4.78 is 0. The van der Waals surface area contributed by atoms with Gasteiger partial charge in [-0.25, -0.2) is 0 Å². The first-order valence-electron chi connectivity index (χ1n) is 7.18. The average Bonchev–Trinajstić information content (AvgIpc) is 2.97. The van der Waals surface area contributed by atoms with Crippen LogP contribution in [0.25, 0.3) is 0 Å². The molecule has 1 aromatic rings. The van der Waals surface area contributed by atoms with Crippen molar-refractivity contribution in [1.82, 2.24) is 5.32 Å². The maximum absolute atomic E-state index is 12.0. The Balaban J connectivity index is 1.85. The lowest BCUT2D eigenvalue weighted by atomic mass is 10.2. The van der Waals surface area contributed by atoms with E-state index in [9.17, 15) is 9.59 Å². The van der Waals surface area contributed by atoms with Crippen molar-refractivity contribution < 1.29 is 9.59 Å². The Morgan fingerprint density at radius 2 is 1.95 bits per heavy atom. The van der Waals surface area contributed by atoms with Gasteiger partial charge in [0, 0.05) is 10.9 Å². The Bertz CT molecular complexity index is 501. The highest BCUT2D eigenvalue weighted by Crippen LogP contribution is 2.26. The number of nitrogens with one attached hydrogen (secondary N) is 2. The van der Waals surface area contributed by atoms with E-state index < -0.39 is 0 Å². The van der Waals surface area contributed by atoms with Gasteiger partial charge in [-0.1, -0.05) is 25.0 Å². The molecule has 0 saturated heterocycles. The number of hydrogen-bond acceptors (Lipinski definition) is 4. The molecule has 0 heterocycles. The molecule has 0 aliphatic heterocycles. The van der Waals surface area contributed by atoms with Crippen LogP contribution in [0.1, 0.15) is 25.7 Å². The van der Waals surface area contributed by atoms with Crippen LogP contribution < -0.4 is 16.4 Å². The van der Waals surface area contributed by atoms with Crippen molar-refractivity contribution in [3.63, 3.8) is 0 Å². The van der Waals surface area contributed by atoms with Crippen molar-refractivity contribution in [2.45, 2.75) is 36.6 Å². The highest BCUT2D eigenvalue weighted by Gasteiger charge is 2.15. The van der Waals surface area contributed by atoms with Crippen LogP contribution in [-0.4, -0.2) is 30.2 Å². The van der Waals surface area contributed by atoms with Crippen molar-refractivity contribution in [3.8, 4) is 0 Å². The van der Waals surface area contributed by atoms with Crippen LogP contribution in [0.5, 0.6) is 0 Å². The summed E-state index contributed by atoms with van der Waals surface area (Å²) in [7, 11) is 0. The van der Waals surface area contributed by atoms with Crippen LogP contribution in [0.15, 0.2) is 29.2 Å². The van der Waals surface area contributed by atoms with Gasteiger partial charge in [0.2, 0.25) is 11.8 Å². The number of anilines is 1. The zero-order valence-electron chi connectivity index (χ0n) is 11.9. The van der Waals surface area contributed by atoms with Gasteiger partial charge in [-0.2, -0.15) is 0 Å². The van der Waals surface area contributed by atoms with Crippen LogP contribution in [0.4, 0.5) is 5.69 Å². The van der Waals surface area contributed by atoms with E-state index in [0.29, 0.717) is 12.6 Å². The highest BCUT2D eigenvalue weighted by atomic mass is 32.2. The third-order valence-corrected chi connectivity index (χ3v) is 4.53. The molecule has 2 rings (SSSR count). The molecular weight excluding hydrogens is 286 g/mol. The minimum absolute atomic E-state index is 0.0611. The van der Waals surface area contributed by atoms with Crippen LogP contribution in [0, 0.1) is 0 Å². The second-order valence-corrected chi connectivity index (χ2v) is 6.18. The van der Waals surface area contributed by atoms with E-state index in [0.717, 1.165) is 23.4 Å². The van der Waals surface area contributed by atoms with Gasteiger partial charge in [0.1, 0.15) is 0 Å². The topological polar surface area (TPSA) is 84.2 Å². The van der Waals surface area contributed by atoms with Gasteiger partial charge < -0.3 is 16.4 Å². The lowest BCUT2D eigenvalue weighted by molar-refractivity contribution is -0.116. The molecule has 1 aromatic carbocycles. The Labute approximate surface area is 129 Å². The molecule has 0 aromatic heterocycles. The normalized spacial score (nSPS) is 15.0. The number of carbonyl (C=O) groups is 2. The van der Waals surface area contributed by atoms with E-state index in [4.69, 9.17) is 5.73 Å². The predicted molar refractivity (Wildman–Crippen MR) is 85.2 cm³/mol. The third-order valence-electron chi connectivity index (χ3n) is 3.44. The largest absolute Gasteiger partial charge is 0.369 e. The first-order valence-corrected chi connectivity index (χ1v) is 8.17. The molecule has 0 radical (unpaired) electrons. The maximum atomic E-state index is 12.0. The van der Waals surface area contributed by atoms with Gasteiger partial charge in [-0.05, 0) is 25.0 Å². The molecule has 0 unspecified atom stereocenters. The molecule has 2 amide bonds. The Morgan fingerprint density at radius 1 is 1.24 bits per heavy atom. The summed E-state index contributed by atoms with van der Waals surface area (Å²) in [5.41, 5.74) is 5.88. The van der Waals surface area contributed by atoms with Crippen molar-refractivity contribution in [3.05, 3.63) is 24.3 Å². The number of amides is 2. The summed E-state index contributed by atoms with van der Waals surface area (Å²) in [5.74, 6) is -0.231. The number of nitrogens with two attached hydrogens (primary N) is 1. The molecule has 1 aliphatic carbocycles. The van der Waals surface area contributed by atoms with E-state index in [2.05, 4.69) is 10.6 Å². The lowest BCUT2D eigenvalue weighted by Crippen LogP contribution is -2.34. The van der Waals surface area contributed by atoms with E-state index in [1.165, 1.54) is 24.6 Å². The SMILES string of the molecule is NC(=O)CSc1ccccc1NC(=O)CNC1CCCC1. The zero-order chi connectivity index (χ0) is 15.1. The van der Waals surface area contributed by atoms with Crippen molar-refractivity contribution in [2.24, 2.45) is 5.73 Å². The van der Waals surface area contributed by atoms with E-state index in [1.807, 2.05) is 24.3 Å². The highest BCUT2D eigenvalue weighted by molar-refractivity contribution is 8.00. The Hall–Kier alpha value is -1.53. The quantitative estimate of drug-likeness (QED) is 0.670. The van der Waals surface area contributed by atoms with Gasteiger partial charge in [0.15, 0.2) is 0 Å². The van der Waals surface area contributed by atoms with Gasteiger partial charge in [-0.15, -0.1) is 11.8 Å². The first kappa shape index (κ1) is 15.9. The van der Waals surface area contributed by atoms with Crippen molar-refractivity contribution in [1.29, 1.82) is 0 Å². The summed E-state index contributed by atoms with van der Waals surface area (Å²) in [6.45, 7) is 0.319.